The van der Waals surface area contributed by atoms with Crippen molar-refractivity contribution in [2.24, 2.45) is 0 Å². The predicted molar refractivity (Wildman–Crippen MR) is 69.1 cm³/mol. The summed E-state index contributed by atoms with van der Waals surface area (Å²) in [6.45, 7) is 0. The second-order valence-corrected chi connectivity index (χ2v) is 5.28. The molecule has 1 aliphatic carbocycles. The van der Waals surface area contributed by atoms with Crippen LogP contribution in [0.15, 0.2) is 24.4 Å². The number of rotatable bonds is 1. The lowest BCUT2D eigenvalue weighted by molar-refractivity contribution is -0.139. The highest BCUT2D eigenvalue weighted by atomic mass is 19.4. The van der Waals surface area contributed by atoms with E-state index < -0.39 is 52.8 Å². The van der Waals surface area contributed by atoms with E-state index in [0.29, 0.717) is 10.8 Å². The Morgan fingerprint density at radius 3 is 2.46 bits per heavy atom. The number of nitriles is 1. The van der Waals surface area contributed by atoms with Gasteiger partial charge in [0.25, 0.3) is 0 Å². The molecule has 0 bridgehead atoms. The molecule has 1 aromatic heterocycles. The van der Waals surface area contributed by atoms with Crippen molar-refractivity contribution in [1.82, 2.24) is 4.57 Å². The van der Waals surface area contributed by atoms with E-state index in [-0.39, 0.29) is 5.69 Å². The van der Waals surface area contributed by atoms with Gasteiger partial charge in [-0.3, -0.25) is 0 Å². The molecule has 0 spiro atoms. The van der Waals surface area contributed by atoms with Crippen LogP contribution in [-0.2, 0) is 6.18 Å². The fraction of sp³-hybridized carbons (Fsp3) is 0.267. The van der Waals surface area contributed by atoms with Gasteiger partial charge in [0.2, 0.25) is 0 Å². The molecule has 1 aliphatic rings. The normalized spacial score (nSPS) is 23.2. The summed E-state index contributed by atoms with van der Waals surface area (Å²) in [7, 11) is 0. The van der Waals surface area contributed by atoms with E-state index in [2.05, 4.69) is 0 Å². The van der Waals surface area contributed by atoms with E-state index >= 15 is 0 Å². The summed E-state index contributed by atoms with van der Waals surface area (Å²) in [6, 6.07) is 4.29. The Labute approximate surface area is 131 Å². The van der Waals surface area contributed by atoms with Gasteiger partial charge in [0.15, 0.2) is 12.3 Å². The number of aromatic nitrogens is 1. The number of aliphatic hydroxyl groups is 1. The number of hydrogen-bond acceptors (Lipinski definition) is 2. The quantitative estimate of drug-likeness (QED) is 0.796. The van der Waals surface area contributed by atoms with Gasteiger partial charge in [-0.25, -0.2) is 13.2 Å². The lowest BCUT2D eigenvalue weighted by Gasteiger charge is -2.13. The third-order valence-electron chi connectivity index (χ3n) is 3.88. The summed E-state index contributed by atoms with van der Waals surface area (Å²) in [4.78, 5) is 0. The molecule has 3 nitrogen and oxygen atoms in total. The summed E-state index contributed by atoms with van der Waals surface area (Å²) in [5, 5.41) is 18.4. The van der Waals surface area contributed by atoms with Crippen LogP contribution in [-0.4, -0.2) is 15.8 Å². The smallest absolute Gasteiger partial charge is 0.385 e. The first-order chi connectivity index (χ1) is 11.2. The van der Waals surface area contributed by atoms with E-state index in [1.54, 1.807) is 0 Å². The van der Waals surface area contributed by atoms with E-state index in [1.807, 2.05) is 0 Å². The molecule has 0 aliphatic heterocycles. The highest BCUT2D eigenvalue weighted by molar-refractivity contribution is 5.51. The first-order valence-corrected chi connectivity index (χ1v) is 6.65. The predicted octanol–water partition coefficient (Wildman–Crippen LogP) is 3.90. The van der Waals surface area contributed by atoms with Gasteiger partial charge in [-0.1, -0.05) is 0 Å². The third kappa shape index (κ3) is 2.26. The van der Waals surface area contributed by atoms with Gasteiger partial charge in [0.05, 0.1) is 16.8 Å². The summed E-state index contributed by atoms with van der Waals surface area (Å²) < 4.78 is 81.2. The average Bonchev–Trinajstić information content (AvgIpc) is 3.01. The summed E-state index contributed by atoms with van der Waals surface area (Å²) >= 11 is 0. The molecule has 0 amide bonds. The largest absolute Gasteiger partial charge is 0.418 e. The minimum Gasteiger partial charge on any atom is -0.385 e. The van der Waals surface area contributed by atoms with Crippen LogP contribution in [0, 0.1) is 17.1 Å². The number of nitrogens with zero attached hydrogens (tertiary/aromatic N) is 2. The standard InChI is InChI=1S/C15H8F6N2O/c16-9-2-1-7(3-6(9)4-22)23-5-8(15(19,20)21)10-13(23)11(17)12(18)14(10)24/h1-3,5,11-12,14,24H/t11-,12+,14+/m0/s1. The molecule has 1 N–H and O–H groups in total. The molecule has 1 aromatic carbocycles. The van der Waals surface area contributed by atoms with E-state index in [9.17, 15) is 31.4 Å². The van der Waals surface area contributed by atoms with Crippen LogP contribution < -0.4 is 0 Å². The minimum absolute atomic E-state index is 0.149. The molecule has 0 radical (unpaired) electrons. The number of alkyl halides is 5. The Bertz CT molecular complexity index is 851. The van der Waals surface area contributed by atoms with Crippen molar-refractivity contribution in [3.8, 4) is 11.8 Å². The molecule has 0 unspecified atom stereocenters. The van der Waals surface area contributed by atoms with E-state index in [1.165, 1.54) is 6.07 Å². The highest BCUT2D eigenvalue weighted by Gasteiger charge is 2.50. The Morgan fingerprint density at radius 2 is 1.88 bits per heavy atom. The molecule has 3 rings (SSSR count). The number of aliphatic hydroxyl groups excluding tert-OH is 1. The Morgan fingerprint density at radius 1 is 1.21 bits per heavy atom. The molecule has 126 valence electrons. The van der Waals surface area contributed by atoms with Crippen molar-refractivity contribution in [2.45, 2.75) is 24.6 Å². The second kappa shape index (κ2) is 5.27. The van der Waals surface area contributed by atoms with Gasteiger partial charge in [-0.2, -0.15) is 18.4 Å². The molecule has 2 aromatic rings. The van der Waals surface area contributed by atoms with Crippen molar-refractivity contribution in [1.29, 1.82) is 5.26 Å². The Hall–Kier alpha value is -2.47. The van der Waals surface area contributed by atoms with Gasteiger partial charge < -0.3 is 9.67 Å². The first kappa shape index (κ1) is 16.4. The van der Waals surface area contributed by atoms with Crippen molar-refractivity contribution in [3.63, 3.8) is 0 Å². The van der Waals surface area contributed by atoms with Crippen molar-refractivity contribution < 1.29 is 31.4 Å². The zero-order valence-electron chi connectivity index (χ0n) is 11.7. The zero-order chi connectivity index (χ0) is 17.8. The third-order valence-corrected chi connectivity index (χ3v) is 3.88. The second-order valence-electron chi connectivity index (χ2n) is 5.28. The Kier molecular flexibility index (Phi) is 3.60. The van der Waals surface area contributed by atoms with Gasteiger partial charge in [0, 0.05) is 17.4 Å². The van der Waals surface area contributed by atoms with Crippen LogP contribution >= 0.6 is 0 Å². The monoisotopic (exact) mass is 346 g/mol. The van der Waals surface area contributed by atoms with Crippen LogP contribution in [0.3, 0.4) is 0 Å². The average molecular weight is 346 g/mol. The van der Waals surface area contributed by atoms with Gasteiger partial charge >= 0.3 is 6.18 Å². The lowest BCUT2D eigenvalue weighted by Crippen LogP contribution is -2.15. The molecule has 3 atom stereocenters. The van der Waals surface area contributed by atoms with Crippen LogP contribution in [0.25, 0.3) is 5.69 Å². The number of fused-ring (bicyclic) bond motifs is 1. The molecule has 9 heteroatoms. The van der Waals surface area contributed by atoms with Crippen molar-refractivity contribution in [2.75, 3.05) is 0 Å². The maximum Gasteiger partial charge on any atom is 0.418 e. The summed E-state index contributed by atoms with van der Waals surface area (Å²) in [5.74, 6) is -0.902. The molecular weight excluding hydrogens is 338 g/mol. The summed E-state index contributed by atoms with van der Waals surface area (Å²) in [6.07, 6.45) is -11.7. The van der Waals surface area contributed by atoms with Crippen LogP contribution in [0.5, 0.6) is 0 Å². The molecule has 24 heavy (non-hydrogen) atoms. The zero-order valence-corrected chi connectivity index (χ0v) is 11.7. The molecular formula is C15H8F6N2O. The van der Waals surface area contributed by atoms with Gasteiger partial charge in [-0.05, 0) is 18.2 Å². The maximum atomic E-state index is 14.1. The molecule has 0 saturated heterocycles. The number of halogens is 6. The van der Waals surface area contributed by atoms with E-state index in [0.717, 1.165) is 18.2 Å². The SMILES string of the molecule is N#Cc1cc(-n2cc(C(F)(F)F)c3c2[C@@H](F)[C@@H](F)[C@@H]3O)ccc1F. The van der Waals surface area contributed by atoms with Crippen LogP contribution in [0.2, 0.25) is 0 Å². The molecule has 1 heterocycles. The topological polar surface area (TPSA) is 49.0 Å². The summed E-state index contributed by atoms with van der Waals surface area (Å²) in [5.41, 5.74) is -3.57. The molecule has 0 fully saturated rings. The maximum absolute atomic E-state index is 14.1. The lowest BCUT2D eigenvalue weighted by atomic mass is 10.1. The molecule has 0 saturated carbocycles. The van der Waals surface area contributed by atoms with Gasteiger partial charge in [-0.15, -0.1) is 0 Å². The van der Waals surface area contributed by atoms with Crippen molar-refractivity contribution >= 4 is 0 Å². The van der Waals surface area contributed by atoms with E-state index in [4.69, 9.17) is 5.26 Å². The Balaban J connectivity index is 2.28. The fourth-order valence-corrected chi connectivity index (χ4v) is 2.79. The van der Waals surface area contributed by atoms with Crippen LogP contribution in [0.4, 0.5) is 26.3 Å². The minimum atomic E-state index is -4.95. The van der Waals surface area contributed by atoms with Crippen molar-refractivity contribution in [3.05, 3.63) is 52.6 Å². The fourth-order valence-electron chi connectivity index (χ4n) is 2.79. The van der Waals surface area contributed by atoms with Gasteiger partial charge in [0.1, 0.15) is 18.0 Å². The highest BCUT2D eigenvalue weighted by Crippen LogP contribution is 2.50. The number of benzene rings is 1. The number of hydrogen-bond donors (Lipinski definition) is 1. The van der Waals surface area contributed by atoms with Crippen LogP contribution in [0.1, 0.15) is 34.7 Å². The first-order valence-electron chi connectivity index (χ1n) is 6.65.